The molecule has 0 aliphatic carbocycles. The van der Waals surface area contributed by atoms with E-state index in [4.69, 9.17) is 27.9 Å². The quantitative estimate of drug-likeness (QED) is 0.277. The number of anilines is 1. The van der Waals surface area contributed by atoms with Gasteiger partial charge in [0.1, 0.15) is 18.3 Å². The Bertz CT molecular complexity index is 1490. The van der Waals surface area contributed by atoms with E-state index in [9.17, 15) is 18.0 Å². The van der Waals surface area contributed by atoms with Gasteiger partial charge in [-0.15, -0.1) is 0 Å². The average Bonchev–Trinajstić information content (AvgIpc) is 2.93. The molecule has 3 aromatic carbocycles. The highest BCUT2D eigenvalue weighted by Gasteiger charge is 2.33. The van der Waals surface area contributed by atoms with Crippen LogP contribution in [0.4, 0.5) is 5.69 Å². The Hall–Kier alpha value is -2.79. The highest BCUT2D eigenvalue weighted by Crippen LogP contribution is 2.31. The van der Waals surface area contributed by atoms with Crippen LogP contribution in [0, 0.1) is 6.92 Å². The zero-order valence-corrected chi connectivity index (χ0v) is 26.4. The SMILES string of the molecule is CC[C@@H](C(=O)NC)N(Cc1ccc(Cl)c(Cl)c1)C(=O)CN(c1ccc(C)cc1)S(=O)(=O)c1ccc(OC)c(Br)c1. The summed E-state index contributed by atoms with van der Waals surface area (Å²) in [6.07, 6.45) is 0.301. The highest BCUT2D eigenvalue weighted by molar-refractivity contribution is 9.10. The number of hydrogen-bond donors (Lipinski definition) is 1. The molecule has 1 atom stereocenters. The van der Waals surface area contributed by atoms with Gasteiger partial charge in [-0.3, -0.25) is 13.9 Å². The van der Waals surface area contributed by atoms with Crippen molar-refractivity contribution < 1.29 is 22.7 Å². The molecule has 1 N–H and O–H groups in total. The van der Waals surface area contributed by atoms with Crippen molar-refractivity contribution in [1.82, 2.24) is 10.2 Å². The molecule has 214 valence electrons. The first-order valence-corrected chi connectivity index (χ1v) is 15.3. The number of nitrogens with zero attached hydrogens (tertiary/aromatic N) is 2. The minimum absolute atomic E-state index is 0.0114. The second-order valence-corrected chi connectivity index (χ2v) is 12.5. The molecule has 12 heteroatoms. The number of hydrogen-bond acceptors (Lipinski definition) is 5. The fourth-order valence-electron chi connectivity index (χ4n) is 4.10. The van der Waals surface area contributed by atoms with E-state index >= 15 is 0 Å². The number of ether oxygens (including phenoxy) is 1. The molecule has 0 aliphatic heterocycles. The van der Waals surface area contributed by atoms with Gasteiger partial charge in [0.2, 0.25) is 11.8 Å². The molecule has 2 amide bonds. The van der Waals surface area contributed by atoms with Gasteiger partial charge in [-0.05, 0) is 77.3 Å². The normalized spacial score (nSPS) is 12.0. The lowest BCUT2D eigenvalue weighted by molar-refractivity contribution is -0.140. The molecule has 3 aromatic rings. The third kappa shape index (κ3) is 7.28. The smallest absolute Gasteiger partial charge is 0.264 e. The van der Waals surface area contributed by atoms with Crippen molar-refractivity contribution in [3.8, 4) is 5.75 Å². The fraction of sp³-hybridized carbons (Fsp3) is 0.286. The predicted molar refractivity (Wildman–Crippen MR) is 162 cm³/mol. The minimum atomic E-state index is -4.23. The lowest BCUT2D eigenvalue weighted by Gasteiger charge is -2.33. The summed E-state index contributed by atoms with van der Waals surface area (Å²) in [6, 6.07) is 15.2. The third-order valence-electron chi connectivity index (χ3n) is 6.28. The molecule has 0 bridgehead atoms. The van der Waals surface area contributed by atoms with Gasteiger partial charge >= 0.3 is 0 Å². The zero-order chi connectivity index (χ0) is 29.6. The summed E-state index contributed by atoms with van der Waals surface area (Å²) in [7, 11) is -1.26. The van der Waals surface area contributed by atoms with Crippen LogP contribution in [-0.2, 0) is 26.2 Å². The van der Waals surface area contributed by atoms with Crippen molar-refractivity contribution in [2.45, 2.75) is 37.8 Å². The summed E-state index contributed by atoms with van der Waals surface area (Å²) in [6.45, 7) is 3.11. The maximum absolute atomic E-state index is 14.0. The minimum Gasteiger partial charge on any atom is -0.496 e. The fourth-order valence-corrected chi connectivity index (χ4v) is 6.55. The summed E-state index contributed by atoms with van der Waals surface area (Å²) in [5.74, 6) is -0.487. The number of rotatable bonds is 11. The van der Waals surface area contributed by atoms with E-state index in [0.717, 1.165) is 9.87 Å². The van der Waals surface area contributed by atoms with Gasteiger partial charge in [0.25, 0.3) is 10.0 Å². The largest absolute Gasteiger partial charge is 0.496 e. The molecule has 0 aromatic heterocycles. The Kier molecular flexibility index (Phi) is 10.9. The number of benzene rings is 3. The molecule has 0 heterocycles. The molecule has 0 saturated heterocycles. The molecule has 0 aliphatic rings. The zero-order valence-electron chi connectivity index (χ0n) is 22.4. The second kappa shape index (κ2) is 13.7. The molecule has 40 heavy (non-hydrogen) atoms. The first-order valence-electron chi connectivity index (χ1n) is 12.3. The van der Waals surface area contributed by atoms with Crippen molar-refractivity contribution >= 4 is 66.7 Å². The van der Waals surface area contributed by atoms with Crippen LogP contribution in [0.5, 0.6) is 5.75 Å². The van der Waals surface area contributed by atoms with E-state index < -0.39 is 28.5 Å². The van der Waals surface area contributed by atoms with Crippen LogP contribution in [0.3, 0.4) is 0 Å². The van der Waals surface area contributed by atoms with Gasteiger partial charge in [-0.1, -0.05) is 53.9 Å². The molecule has 0 radical (unpaired) electrons. The van der Waals surface area contributed by atoms with Crippen LogP contribution < -0.4 is 14.4 Å². The molecule has 0 unspecified atom stereocenters. The van der Waals surface area contributed by atoms with Crippen molar-refractivity contribution in [2.24, 2.45) is 0 Å². The number of amides is 2. The molecular formula is C28H30BrCl2N3O5S. The summed E-state index contributed by atoms with van der Waals surface area (Å²) < 4.78 is 34.7. The monoisotopic (exact) mass is 669 g/mol. The maximum Gasteiger partial charge on any atom is 0.264 e. The lowest BCUT2D eigenvalue weighted by Crippen LogP contribution is -2.51. The average molecular weight is 671 g/mol. The third-order valence-corrected chi connectivity index (χ3v) is 9.41. The molecule has 8 nitrogen and oxygen atoms in total. The Morgan fingerprint density at radius 1 is 1.02 bits per heavy atom. The van der Waals surface area contributed by atoms with E-state index in [1.165, 1.54) is 37.3 Å². The summed E-state index contributed by atoms with van der Waals surface area (Å²) in [4.78, 5) is 28.1. The van der Waals surface area contributed by atoms with Gasteiger partial charge in [-0.25, -0.2) is 8.42 Å². The van der Waals surface area contributed by atoms with Crippen molar-refractivity contribution in [1.29, 1.82) is 0 Å². The van der Waals surface area contributed by atoms with Crippen LogP contribution in [-0.4, -0.2) is 51.9 Å². The van der Waals surface area contributed by atoms with Gasteiger partial charge < -0.3 is 15.0 Å². The summed E-state index contributed by atoms with van der Waals surface area (Å²) in [5.41, 5.74) is 1.86. The highest BCUT2D eigenvalue weighted by atomic mass is 79.9. The topological polar surface area (TPSA) is 96.0 Å². The molecule has 3 rings (SSSR count). The van der Waals surface area contributed by atoms with Gasteiger partial charge in [0, 0.05) is 13.6 Å². The van der Waals surface area contributed by atoms with Crippen LogP contribution >= 0.6 is 39.1 Å². The number of carbonyl (C=O) groups excluding carboxylic acids is 2. The number of halogens is 3. The van der Waals surface area contributed by atoms with Crippen molar-refractivity contribution in [3.63, 3.8) is 0 Å². The Morgan fingerprint density at radius 2 is 1.70 bits per heavy atom. The molecular weight excluding hydrogens is 641 g/mol. The molecule has 0 fully saturated rings. The number of carbonyl (C=O) groups is 2. The number of sulfonamides is 1. The first kappa shape index (κ1) is 31.7. The lowest BCUT2D eigenvalue weighted by atomic mass is 10.1. The predicted octanol–water partition coefficient (Wildman–Crippen LogP) is 5.82. The van der Waals surface area contributed by atoms with E-state index in [2.05, 4.69) is 21.2 Å². The second-order valence-electron chi connectivity index (χ2n) is 8.95. The van der Waals surface area contributed by atoms with E-state index in [0.29, 0.717) is 37.9 Å². The molecule has 0 spiro atoms. The van der Waals surface area contributed by atoms with Crippen molar-refractivity contribution in [2.75, 3.05) is 25.0 Å². The summed E-state index contributed by atoms with van der Waals surface area (Å²) in [5, 5.41) is 3.24. The van der Waals surface area contributed by atoms with Crippen LogP contribution in [0.1, 0.15) is 24.5 Å². The van der Waals surface area contributed by atoms with Gasteiger partial charge in [0.15, 0.2) is 0 Å². The van der Waals surface area contributed by atoms with E-state index in [1.807, 2.05) is 6.92 Å². The number of methoxy groups -OCH3 is 1. The van der Waals surface area contributed by atoms with Gasteiger partial charge in [0.05, 0.1) is 32.2 Å². The van der Waals surface area contributed by atoms with E-state index in [1.54, 1.807) is 49.4 Å². The van der Waals surface area contributed by atoms with Gasteiger partial charge in [-0.2, -0.15) is 0 Å². The maximum atomic E-state index is 14.0. The van der Waals surface area contributed by atoms with E-state index in [-0.39, 0.29) is 17.3 Å². The molecule has 0 saturated carbocycles. The van der Waals surface area contributed by atoms with Crippen molar-refractivity contribution in [3.05, 3.63) is 86.3 Å². The van der Waals surface area contributed by atoms with Crippen LogP contribution in [0.15, 0.2) is 70.0 Å². The van der Waals surface area contributed by atoms with Crippen LogP contribution in [0.2, 0.25) is 10.0 Å². The van der Waals surface area contributed by atoms with Crippen LogP contribution in [0.25, 0.3) is 0 Å². The number of likely N-dealkylation sites (N-methyl/N-ethyl adjacent to an activating group) is 1. The Balaban J connectivity index is 2.09. The summed E-state index contributed by atoms with van der Waals surface area (Å²) >= 11 is 15.6. The Morgan fingerprint density at radius 3 is 2.25 bits per heavy atom. The first-order chi connectivity index (χ1) is 18.9. The number of aryl methyl sites for hydroxylation is 1. The standard InChI is InChI=1S/C28H30BrCl2N3O5S/c1-5-25(28(36)32-3)33(16-19-8-12-23(30)24(31)14-19)27(35)17-34(20-9-6-18(2)7-10-20)40(37,38)21-11-13-26(39-4)22(29)15-21/h6-15,25H,5,16-17H2,1-4H3,(H,32,36)/t25-/m0/s1. The Labute approximate surface area is 253 Å². The number of nitrogens with one attached hydrogen (secondary N) is 1.